The van der Waals surface area contributed by atoms with Gasteiger partial charge in [0.15, 0.2) is 10.7 Å². The first-order valence-electron chi connectivity index (χ1n) is 9.49. The molecule has 0 saturated carbocycles. The van der Waals surface area contributed by atoms with Crippen LogP contribution in [0.15, 0.2) is 22.6 Å². The number of rotatable bonds is 5. The molecule has 0 radical (unpaired) electrons. The van der Waals surface area contributed by atoms with Gasteiger partial charge in [-0.3, -0.25) is 5.32 Å². The Morgan fingerprint density at radius 1 is 1.43 bits per heavy atom. The molecule has 4 rings (SSSR count). The molecule has 2 amide bonds. The van der Waals surface area contributed by atoms with E-state index in [1.54, 1.807) is 6.92 Å². The summed E-state index contributed by atoms with van der Waals surface area (Å²) >= 11 is 1.36. The van der Waals surface area contributed by atoms with E-state index in [-0.39, 0.29) is 24.3 Å². The van der Waals surface area contributed by atoms with Gasteiger partial charge in [0.05, 0.1) is 29.3 Å². The first-order chi connectivity index (χ1) is 14.4. The lowest BCUT2D eigenvalue weighted by atomic mass is 10.1. The number of anilines is 2. The standard InChI is InChI=1S/C19H21F2N5O3S/c1-9(8-27)22-17(28)25-18-23-12-5-6-26(10(2)15(12)30-18)19-24-13-7-11(16(20)21)3-4-14(13)29-19/h3-4,7,9-10,16,27H,5-6,8H2,1-2H3,(H2,22,23,25,28)/t9-,10+/m1/s1. The van der Waals surface area contributed by atoms with E-state index in [0.717, 1.165) is 10.6 Å². The van der Waals surface area contributed by atoms with Gasteiger partial charge < -0.3 is 19.7 Å². The molecule has 0 unspecified atom stereocenters. The maximum Gasteiger partial charge on any atom is 0.321 e. The molecule has 0 bridgehead atoms. The van der Waals surface area contributed by atoms with Crippen molar-refractivity contribution in [1.82, 2.24) is 15.3 Å². The van der Waals surface area contributed by atoms with Gasteiger partial charge in [-0.1, -0.05) is 11.3 Å². The number of amides is 2. The summed E-state index contributed by atoms with van der Waals surface area (Å²) in [4.78, 5) is 23.8. The molecule has 2 atom stereocenters. The van der Waals surface area contributed by atoms with E-state index >= 15 is 0 Å². The minimum atomic E-state index is -2.56. The topological polar surface area (TPSA) is 104 Å². The fourth-order valence-electron chi connectivity index (χ4n) is 3.34. The molecular weight excluding hydrogens is 416 g/mol. The Balaban J connectivity index is 1.53. The average molecular weight is 437 g/mol. The lowest BCUT2D eigenvalue weighted by Gasteiger charge is -2.31. The molecule has 0 aliphatic carbocycles. The van der Waals surface area contributed by atoms with Crippen molar-refractivity contribution in [3.63, 3.8) is 0 Å². The average Bonchev–Trinajstić information content (AvgIpc) is 3.31. The first kappa shape index (κ1) is 20.5. The summed E-state index contributed by atoms with van der Waals surface area (Å²) in [5.41, 5.74) is 1.64. The van der Waals surface area contributed by atoms with Crippen molar-refractivity contribution in [2.24, 2.45) is 0 Å². The first-order valence-corrected chi connectivity index (χ1v) is 10.3. The van der Waals surface area contributed by atoms with Gasteiger partial charge in [0, 0.05) is 18.5 Å². The highest BCUT2D eigenvalue weighted by molar-refractivity contribution is 7.16. The highest BCUT2D eigenvalue weighted by Crippen LogP contribution is 2.39. The van der Waals surface area contributed by atoms with Crippen LogP contribution in [0, 0.1) is 0 Å². The van der Waals surface area contributed by atoms with Gasteiger partial charge in [-0.05, 0) is 32.0 Å². The number of alkyl halides is 2. The van der Waals surface area contributed by atoms with Crippen LogP contribution in [0.25, 0.3) is 11.1 Å². The van der Waals surface area contributed by atoms with Crippen LogP contribution in [0.1, 0.15) is 42.4 Å². The molecule has 3 heterocycles. The van der Waals surface area contributed by atoms with E-state index in [0.29, 0.717) is 35.2 Å². The van der Waals surface area contributed by atoms with E-state index < -0.39 is 12.5 Å². The molecule has 8 nitrogen and oxygen atoms in total. The van der Waals surface area contributed by atoms with Gasteiger partial charge in [-0.2, -0.15) is 4.98 Å². The van der Waals surface area contributed by atoms with E-state index in [4.69, 9.17) is 9.52 Å². The second-order valence-corrected chi connectivity index (χ2v) is 8.19. The summed E-state index contributed by atoms with van der Waals surface area (Å²) in [7, 11) is 0. The fourth-order valence-corrected chi connectivity index (χ4v) is 4.41. The second kappa shape index (κ2) is 8.15. The molecule has 30 heavy (non-hydrogen) atoms. The molecule has 0 fully saturated rings. The number of nitrogens with zero attached hydrogens (tertiary/aromatic N) is 3. The normalized spacial score (nSPS) is 17.3. The zero-order valence-electron chi connectivity index (χ0n) is 16.4. The zero-order valence-corrected chi connectivity index (χ0v) is 17.2. The molecule has 11 heteroatoms. The molecule has 0 spiro atoms. The largest absolute Gasteiger partial charge is 0.423 e. The molecule has 2 aromatic heterocycles. The fraction of sp³-hybridized carbons (Fsp3) is 0.421. The van der Waals surface area contributed by atoms with Gasteiger partial charge in [-0.25, -0.2) is 18.6 Å². The van der Waals surface area contributed by atoms with Gasteiger partial charge >= 0.3 is 6.03 Å². The summed E-state index contributed by atoms with van der Waals surface area (Å²) in [5.74, 6) is 0. The predicted octanol–water partition coefficient (Wildman–Crippen LogP) is 3.85. The predicted molar refractivity (Wildman–Crippen MR) is 109 cm³/mol. The van der Waals surface area contributed by atoms with Crippen LogP contribution in [0.5, 0.6) is 0 Å². The van der Waals surface area contributed by atoms with Gasteiger partial charge in [0.2, 0.25) is 0 Å². The Labute approximate surface area is 174 Å². The number of fused-ring (bicyclic) bond motifs is 2. The lowest BCUT2D eigenvalue weighted by Crippen LogP contribution is -2.38. The maximum atomic E-state index is 12.9. The third-order valence-electron chi connectivity index (χ3n) is 4.93. The van der Waals surface area contributed by atoms with Crippen LogP contribution in [0.4, 0.5) is 24.7 Å². The summed E-state index contributed by atoms with van der Waals surface area (Å²) in [6, 6.07) is 3.65. The highest BCUT2D eigenvalue weighted by atomic mass is 32.1. The van der Waals surface area contributed by atoms with Crippen molar-refractivity contribution in [2.45, 2.75) is 38.8 Å². The highest BCUT2D eigenvalue weighted by Gasteiger charge is 2.31. The lowest BCUT2D eigenvalue weighted by molar-refractivity contribution is 0.151. The minimum Gasteiger partial charge on any atom is -0.423 e. The van der Waals surface area contributed by atoms with Crippen molar-refractivity contribution >= 4 is 39.6 Å². The second-order valence-electron chi connectivity index (χ2n) is 7.16. The molecule has 3 N–H and O–H groups in total. The molecule has 3 aromatic rings. The van der Waals surface area contributed by atoms with E-state index in [2.05, 4.69) is 20.6 Å². The summed E-state index contributed by atoms with van der Waals surface area (Å²) in [5, 5.41) is 14.8. The van der Waals surface area contributed by atoms with Crippen LogP contribution >= 0.6 is 11.3 Å². The number of thiazole rings is 1. The number of hydrogen-bond acceptors (Lipinski definition) is 7. The summed E-state index contributed by atoms with van der Waals surface area (Å²) < 4.78 is 31.7. The van der Waals surface area contributed by atoms with E-state index in [9.17, 15) is 13.6 Å². The quantitative estimate of drug-likeness (QED) is 0.560. The number of aromatic nitrogens is 2. The number of aliphatic hydroxyl groups is 1. The number of aliphatic hydroxyl groups excluding tert-OH is 1. The number of hydrogen-bond donors (Lipinski definition) is 3. The number of nitrogens with one attached hydrogen (secondary N) is 2. The van der Waals surface area contributed by atoms with E-state index in [1.807, 2.05) is 11.8 Å². The zero-order chi connectivity index (χ0) is 21.4. The summed E-state index contributed by atoms with van der Waals surface area (Å²) in [6.45, 7) is 4.11. The smallest absolute Gasteiger partial charge is 0.321 e. The third kappa shape index (κ3) is 3.94. The van der Waals surface area contributed by atoms with Crippen LogP contribution in [-0.4, -0.2) is 40.3 Å². The Morgan fingerprint density at radius 3 is 2.97 bits per heavy atom. The molecule has 1 aromatic carbocycles. The molecule has 0 saturated heterocycles. The number of halogens is 2. The van der Waals surface area contributed by atoms with Gasteiger partial charge in [0.1, 0.15) is 5.52 Å². The van der Waals surface area contributed by atoms with Crippen LogP contribution in [0.3, 0.4) is 0 Å². The van der Waals surface area contributed by atoms with Crippen molar-refractivity contribution in [2.75, 3.05) is 23.4 Å². The monoisotopic (exact) mass is 437 g/mol. The number of benzene rings is 1. The molecular formula is C19H21F2N5O3S. The van der Waals surface area contributed by atoms with Crippen LogP contribution < -0.4 is 15.5 Å². The Kier molecular flexibility index (Phi) is 5.56. The molecule has 1 aliphatic rings. The Hall–Kier alpha value is -2.79. The Morgan fingerprint density at radius 2 is 2.23 bits per heavy atom. The summed E-state index contributed by atoms with van der Waals surface area (Å²) in [6.07, 6.45) is -1.93. The number of oxazole rings is 1. The number of urea groups is 1. The van der Waals surface area contributed by atoms with Crippen molar-refractivity contribution in [3.8, 4) is 0 Å². The van der Waals surface area contributed by atoms with Crippen molar-refractivity contribution in [1.29, 1.82) is 0 Å². The third-order valence-corrected chi connectivity index (χ3v) is 6.12. The molecule has 1 aliphatic heterocycles. The number of carbonyl (C=O) groups excluding carboxylic acids is 1. The number of carbonyl (C=O) groups is 1. The van der Waals surface area contributed by atoms with Crippen LogP contribution in [-0.2, 0) is 6.42 Å². The maximum absolute atomic E-state index is 12.9. The van der Waals surface area contributed by atoms with Gasteiger partial charge in [0.25, 0.3) is 12.4 Å². The SMILES string of the molecule is C[C@H](CO)NC(=O)Nc1nc2c(s1)[C@H](C)N(c1nc3cc(C(F)F)ccc3o1)CC2. The van der Waals surface area contributed by atoms with Crippen LogP contribution in [0.2, 0.25) is 0 Å². The van der Waals surface area contributed by atoms with Gasteiger partial charge in [-0.15, -0.1) is 0 Å². The Bertz CT molecular complexity index is 1070. The minimum absolute atomic E-state index is 0.0942. The van der Waals surface area contributed by atoms with E-state index in [1.165, 1.54) is 29.5 Å². The molecule has 160 valence electrons. The van der Waals surface area contributed by atoms with Crippen molar-refractivity contribution in [3.05, 3.63) is 34.3 Å². The van der Waals surface area contributed by atoms with Crippen molar-refractivity contribution < 1.29 is 23.1 Å².